The lowest BCUT2D eigenvalue weighted by Gasteiger charge is -2.13. The van der Waals surface area contributed by atoms with Gasteiger partial charge < -0.3 is 10.2 Å². The fourth-order valence-corrected chi connectivity index (χ4v) is 1.29. The molecule has 0 spiro atoms. The number of hydrogen-bond donors (Lipinski definition) is 2. The second-order valence-electron chi connectivity index (χ2n) is 3.28. The Kier molecular flexibility index (Phi) is 3.72. The number of benzene rings is 1. The van der Waals surface area contributed by atoms with Crippen LogP contribution in [0.3, 0.4) is 0 Å². The molecule has 0 fully saturated rings. The topological polar surface area (TPSA) is 81.3 Å². The molecule has 16 heavy (non-hydrogen) atoms. The van der Waals surface area contributed by atoms with E-state index in [1.54, 1.807) is 0 Å². The van der Waals surface area contributed by atoms with Crippen LogP contribution in [0.5, 0.6) is 0 Å². The number of ketones is 1. The third-order valence-electron chi connectivity index (χ3n) is 2.16. The zero-order valence-corrected chi connectivity index (χ0v) is 8.51. The molecular weight excluding hydrogens is 213 g/mol. The summed E-state index contributed by atoms with van der Waals surface area (Å²) in [6.07, 6.45) is -3.39. The highest BCUT2D eigenvalue weighted by Gasteiger charge is 2.23. The highest BCUT2D eigenvalue weighted by Crippen LogP contribution is 2.22. The first-order chi connectivity index (χ1) is 7.49. The lowest BCUT2D eigenvalue weighted by molar-refractivity contribution is 0.0502. The summed E-state index contributed by atoms with van der Waals surface area (Å²) in [6, 6.07) is 5.26. The minimum absolute atomic E-state index is 0.179. The van der Waals surface area contributed by atoms with E-state index in [-0.39, 0.29) is 11.1 Å². The normalized spacial score (nSPS) is 13.9. The molecule has 0 bridgehead atoms. The van der Waals surface area contributed by atoms with E-state index in [0.29, 0.717) is 0 Å². The first-order valence-electron chi connectivity index (χ1n) is 4.54. The molecule has 0 aliphatic heterocycles. The molecule has 0 saturated heterocycles. The van der Waals surface area contributed by atoms with Crippen LogP contribution < -0.4 is 0 Å². The molecule has 0 aromatic heterocycles. The molecule has 2 N–H and O–H groups in total. The summed E-state index contributed by atoms with van der Waals surface area (Å²) >= 11 is 0. The first-order valence-corrected chi connectivity index (χ1v) is 4.54. The highest BCUT2D eigenvalue weighted by atomic mass is 19.1. The van der Waals surface area contributed by atoms with Gasteiger partial charge in [0.05, 0.1) is 11.6 Å². The van der Waals surface area contributed by atoms with Crippen LogP contribution in [0.15, 0.2) is 18.2 Å². The second kappa shape index (κ2) is 4.84. The molecule has 1 rings (SSSR count). The Hall–Kier alpha value is -1.77. The summed E-state index contributed by atoms with van der Waals surface area (Å²) in [4.78, 5) is 11.0. The maximum absolute atomic E-state index is 13.7. The average molecular weight is 223 g/mol. The smallest absolute Gasteiger partial charge is 0.170 e. The van der Waals surface area contributed by atoms with Crippen molar-refractivity contribution < 1.29 is 19.4 Å². The minimum atomic E-state index is -1.73. The predicted octanol–water partition coefficient (Wildman–Crippen LogP) is 0.946. The number of hydrogen-bond acceptors (Lipinski definition) is 4. The van der Waals surface area contributed by atoms with Gasteiger partial charge in [-0.25, -0.2) is 4.39 Å². The Morgan fingerprint density at radius 3 is 2.62 bits per heavy atom. The van der Waals surface area contributed by atoms with Gasteiger partial charge in [-0.1, -0.05) is 12.1 Å². The van der Waals surface area contributed by atoms with Crippen LogP contribution in [0.25, 0.3) is 0 Å². The maximum Gasteiger partial charge on any atom is 0.170 e. The number of rotatable bonds is 3. The monoisotopic (exact) mass is 223 g/mol. The molecule has 1 aromatic carbocycles. The molecule has 0 aliphatic rings. The summed E-state index contributed by atoms with van der Waals surface area (Å²) in [5.41, 5.74) is -0.441. The number of aliphatic hydroxyl groups excluding tert-OH is 2. The van der Waals surface area contributed by atoms with Gasteiger partial charge in [-0.2, -0.15) is 5.26 Å². The summed E-state index contributed by atoms with van der Waals surface area (Å²) in [5.74, 6) is -1.39. The van der Waals surface area contributed by atoms with E-state index in [4.69, 9.17) is 10.4 Å². The van der Waals surface area contributed by atoms with E-state index < -0.39 is 23.8 Å². The van der Waals surface area contributed by atoms with Gasteiger partial charge in [0.2, 0.25) is 0 Å². The van der Waals surface area contributed by atoms with Crippen LogP contribution >= 0.6 is 0 Å². The quantitative estimate of drug-likeness (QED) is 0.590. The molecule has 1 aromatic rings. The van der Waals surface area contributed by atoms with Crippen LogP contribution in [0.2, 0.25) is 0 Å². The fraction of sp³-hybridized carbons (Fsp3) is 0.273. The predicted molar refractivity (Wildman–Crippen MR) is 53.0 cm³/mol. The van der Waals surface area contributed by atoms with Crippen molar-refractivity contribution in [2.45, 2.75) is 19.1 Å². The Labute approximate surface area is 91.6 Å². The van der Waals surface area contributed by atoms with Gasteiger partial charge in [-0.3, -0.25) is 4.79 Å². The van der Waals surface area contributed by atoms with Crippen molar-refractivity contribution in [3.8, 4) is 6.07 Å². The van der Waals surface area contributed by atoms with Crippen molar-refractivity contribution >= 4 is 5.78 Å². The molecule has 0 aliphatic carbocycles. The molecule has 4 nitrogen and oxygen atoms in total. The second-order valence-corrected chi connectivity index (χ2v) is 3.28. The van der Waals surface area contributed by atoms with Crippen molar-refractivity contribution in [1.82, 2.24) is 0 Å². The van der Waals surface area contributed by atoms with Gasteiger partial charge in [-0.15, -0.1) is 0 Å². The van der Waals surface area contributed by atoms with Gasteiger partial charge in [0.1, 0.15) is 11.9 Å². The molecule has 2 unspecified atom stereocenters. The standard InChI is InChI=1S/C11H10FNO3/c1-6(14)7-3-2-4-8(10(7)12)11(16)9(15)5-13/h2-4,9,11,15-16H,1H3. The number of halogens is 1. The Balaban J connectivity index is 3.21. The third-order valence-corrected chi connectivity index (χ3v) is 2.16. The van der Waals surface area contributed by atoms with Gasteiger partial charge in [0, 0.05) is 5.56 Å². The zero-order valence-electron chi connectivity index (χ0n) is 8.51. The van der Waals surface area contributed by atoms with Crippen molar-refractivity contribution in [2.75, 3.05) is 0 Å². The van der Waals surface area contributed by atoms with E-state index >= 15 is 0 Å². The number of nitrogens with zero attached hydrogens (tertiary/aromatic N) is 1. The molecule has 84 valence electrons. The van der Waals surface area contributed by atoms with Crippen LogP contribution in [-0.4, -0.2) is 22.1 Å². The minimum Gasteiger partial charge on any atom is -0.384 e. The van der Waals surface area contributed by atoms with E-state index in [9.17, 15) is 14.3 Å². The van der Waals surface area contributed by atoms with E-state index in [1.165, 1.54) is 31.2 Å². The fourth-order valence-electron chi connectivity index (χ4n) is 1.29. The zero-order chi connectivity index (χ0) is 12.3. The van der Waals surface area contributed by atoms with E-state index in [2.05, 4.69) is 0 Å². The number of nitriles is 1. The van der Waals surface area contributed by atoms with E-state index in [0.717, 1.165) is 0 Å². The summed E-state index contributed by atoms with van der Waals surface area (Å²) in [7, 11) is 0. The summed E-state index contributed by atoms with van der Waals surface area (Å²) in [5, 5.41) is 26.9. The van der Waals surface area contributed by atoms with Crippen molar-refractivity contribution in [3.05, 3.63) is 35.1 Å². The highest BCUT2D eigenvalue weighted by molar-refractivity contribution is 5.94. The molecule has 0 amide bonds. The van der Waals surface area contributed by atoms with Gasteiger partial charge >= 0.3 is 0 Å². The third kappa shape index (κ3) is 2.24. The SMILES string of the molecule is CC(=O)c1cccc(C(O)C(O)C#N)c1F. The number of carbonyl (C=O) groups excluding carboxylic acids is 1. The molecule has 2 atom stereocenters. The Bertz CT molecular complexity index is 453. The van der Waals surface area contributed by atoms with Crippen LogP contribution in [-0.2, 0) is 0 Å². The molecular formula is C11H10FNO3. The van der Waals surface area contributed by atoms with Crippen molar-refractivity contribution in [3.63, 3.8) is 0 Å². The first kappa shape index (κ1) is 12.3. The van der Waals surface area contributed by atoms with Gasteiger partial charge in [0.15, 0.2) is 11.9 Å². The molecule has 5 heteroatoms. The van der Waals surface area contributed by atoms with E-state index in [1.807, 2.05) is 0 Å². The lowest BCUT2D eigenvalue weighted by Crippen LogP contribution is -2.18. The molecule has 0 heterocycles. The summed E-state index contributed by atoms with van der Waals surface area (Å²) < 4.78 is 13.7. The largest absolute Gasteiger partial charge is 0.384 e. The van der Waals surface area contributed by atoms with Crippen molar-refractivity contribution in [1.29, 1.82) is 5.26 Å². The van der Waals surface area contributed by atoms with Crippen LogP contribution in [0.1, 0.15) is 28.9 Å². The molecule has 0 saturated carbocycles. The van der Waals surface area contributed by atoms with Gasteiger partial charge in [-0.05, 0) is 13.0 Å². The lowest BCUT2D eigenvalue weighted by atomic mass is 10.00. The van der Waals surface area contributed by atoms with Gasteiger partial charge in [0.25, 0.3) is 0 Å². The van der Waals surface area contributed by atoms with Crippen molar-refractivity contribution in [2.24, 2.45) is 0 Å². The molecule has 0 radical (unpaired) electrons. The summed E-state index contributed by atoms with van der Waals surface area (Å²) in [6.45, 7) is 1.19. The number of carbonyl (C=O) groups is 1. The maximum atomic E-state index is 13.7. The Morgan fingerprint density at radius 1 is 1.50 bits per heavy atom. The number of Topliss-reactive ketones (excluding diaryl/α,β-unsaturated/α-hetero) is 1. The number of aliphatic hydroxyl groups is 2. The average Bonchev–Trinajstić information content (AvgIpc) is 2.27. The van der Waals surface area contributed by atoms with Crippen LogP contribution in [0, 0.1) is 17.1 Å². The van der Waals surface area contributed by atoms with Crippen LogP contribution in [0.4, 0.5) is 4.39 Å². The Morgan fingerprint density at radius 2 is 2.12 bits per heavy atom.